The number of benzene rings is 1. The van der Waals surface area contributed by atoms with Gasteiger partial charge in [-0.1, -0.05) is 11.6 Å². The van der Waals surface area contributed by atoms with Crippen LogP contribution in [0.3, 0.4) is 0 Å². The zero-order chi connectivity index (χ0) is 15.4. The number of piperidine rings is 1. The first-order valence-corrected chi connectivity index (χ1v) is 7.26. The summed E-state index contributed by atoms with van der Waals surface area (Å²) in [5.41, 5.74) is 0.0111. The van der Waals surface area contributed by atoms with E-state index < -0.39 is 4.92 Å². The smallest absolute Gasteiger partial charge is 0.270 e. The maximum Gasteiger partial charge on any atom is 0.270 e. The lowest BCUT2D eigenvalue weighted by Crippen LogP contribution is -2.39. The molecule has 0 bridgehead atoms. The van der Waals surface area contributed by atoms with Crippen LogP contribution in [0, 0.1) is 16.0 Å². The molecule has 1 N–H and O–H groups in total. The van der Waals surface area contributed by atoms with Gasteiger partial charge in [0, 0.05) is 25.2 Å². The van der Waals surface area contributed by atoms with Crippen molar-refractivity contribution < 1.29 is 9.72 Å². The quantitative estimate of drug-likeness (QED) is 0.684. The number of halogens is 1. The molecule has 1 heterocycles. The second-order valence-corrected chi connectivity index (χ2v) is 5.81. The number of carbonyl (C=O) groups is 1. The molecule has 0 spiro atoms. The molecule has 1 unspecified atom stereocenters. The van der Waals surface area contributed by atoms with Crippen LogP contribution < -0.4 is 5.32 Å². The van der Waals surface area contributed by atoms with E-state index in [0.717, 1.165) is 25.9 Å². The van der Waals surface area contributed by atoms with Crippen LogP contribution in [-0.2, 0) is 0 Å². The maximum absolute atomic E-state index is 12.1. The summed E-state index contributed by atoms with van der Waals surface area (Å²) in [5, 5.41) is 13.8. The molecule has 21 heavy (non-hydrogen) atoms. The zero-order valence-corrected chi connectivity index (χ0v) is 12.6. The van der Waals surface area contributed by atoms with E-state index in [0.29, 0.717) is 12.5 Å². The minimum absolute atomic E-state index is 0.137. The van der Waals surface area contributed by atoms with Crippen molar-refractivity contribution in [2.24, 2.45) is 5.92 Å². The molecule has 114 valence electrons. The molecule has 1 saturated heterocycles. The summed E-state index contributed by atoms with van der Waals surface area (Å²) < 4.78 is 0. The Morgan fingerprint density at radius 1 is 1.57 bits per heavy atom. The summed E-state index contributed by atoms with van der Waals surface area (Å²) in [6, 6.07) is 3.88. The van der Waals surface area contributed by atoms with Crippen LogP contribution in [0.15, 0.2) is 18.2 Å². The highest BCUT2D eigenvalue weighted by Crippen LogP contribution is 2.22. The number of amides is 1. The van der Waals surface area contributed by atoms with Crippen LogP contribution >= 0.6 is 11.6 Å². The van der Waals surface area contributed by atoms with Crippen molar-refractivity contribution in [3.63, 3.8) is 0 Å². The molecule has 2 rings (SSSR count). The van der Waals surface area contributed by atoms with Crippen LogP contribution in [0.1, 0.15) is 23.2 Å². The number of hydrogen-bond acceptors (Lipinski definition) is 4. The molecule has 0 radical (unpaired) electrons. The third kappa shape index (κ3) is 4.15. The van der Waals surface area contributed by atoms with E-state index in [-0.39, 0.29) is 22.2 Å². The second-order valence-electron chi connectivity index (χ2n) is 5.40. The number of carbonyl (C=O) groups excluding carboxylic acids is 1. The minimum Gasteiger partial charge on any atom is -0.352 e. The highest BCUT2D eigenvalue weighted by molar-refractivity contribution is 6.33. The topological polar surface area (TPSA) is 75.5 Å². The molecule has 0 aliphatic carbocycles. The molecule has 1 aromatic rings. The predicted octanol–water partition coefficient (Wildman–Crippen LogP) is 2.32. The molecule has 1 atom stereocenters. The molecule has 1 fully saturated rings. The molecular weight excluding hydrogens is 294 g/mol. The highest BCUT2D eigenvalue weighted by Gasteiger charge is 2.20. The molecule has 7 heteroatoms. The summed E-state index contributed by atoms with van der Waals surface area (Å²) in [5.74, 6) is 0.0436. The van der Waals surface area contributed by atoms with Crippen LogP contribution in [-0.4, -0.2) is 42.4 Å². The van der Waals surface area contributed by atoms with Gasteiger partial charge >= 0.3 is 0 Å². The van der Waals surface area contributed by atoms with Crippen molar-refractivity contribution in [2.45, 2.75) is 12.8 Å². The number of likely N-dealkylation sites (tertiary alicyclic amines) is 1. The fourth-order valence-corrected chi connectivity index (χ4v) is 2.78. The van der Waals surface area contributed by atoms with Crippen LogP contribution in [0.4, 0.5) is 5.69 Å². The average molecular weight is 312 g/mol. The van der Waals surface area contributed by atoms with E-state index in [2.05, 4.69) is 17.3 Å². The van der Waals surface area contributed by atoms with Gasteiger partial charge in [0.2, 0.25) is 0 Å². The largest absolute Gasteiger partial charge is 0.352 e. The number of nitrogens with zero attached hydrogens (tertiary/aromatic N) is 2. The summed E-state index contributed by atoms with van der Waals surface area (Å²) in [6.07, 6.45) is 2.20. The Bertz CT molecular complexity index is 550. The lowest BCUT2D eigenvalue weighted by Gasteiger charge is -2.29. The monoisotopic (exact) mass is 311 g/mol. The molecule has 0 aromatic heterocycles. The number of nitrogens with one attached hydrogen (secondary N) is 1. The molecule has 1 aliphatic heterocycles. The van der Waals surface area contributed by atoms with Gasteiger partial charge in [0.1, 0.15) is 0 Å². The number of hydrogen-bond donors (Lipinski definition) is 1. The Hall–Kier alpha value is -1.66. The Kier molecular flexibility index (Phi) is 5.14. The molecule has 1 aliphatic rings. The van der Waals surface area contributed by atoms with E-state index in [1.807, 2.05) is 0 Å². The standard InChI is InChI=1S/C14H18ClN3O3/c1-17-6-2-3-10(9-17)8-16-14(19)12-7-11(18(20)21)4-5-13(12)15/h4-5,7,10H,2-3,6,8-9H2,1H3,(H,16,19). The van der Waals surface area contributed by atoms with Crippen LogP contribution in [0.2, 0.25) is 5.02 Å². The Morgan fingerprint density at radius 3 is 3.00 bits per heavy atom. The van der Waals surface area contributed by atoms with E-state index in [9.17, 15) is 14.9 Å². The van der Waals surface area contributed by atoms with Gasteiger partial charge in [-0.25, -0.2) is 0 Å². The third-order valence-corrected chi connectivity index (χ3v) is 4.01. The highest BCUT2D eigenvalue weighted by atomic mass is 35.5. The SMILES string of the molecule is CN1CCCC(CNC(=O)c2cc([N+](=O)[O-])ccc2Cl)C1. The Morgan fingerprint density at radius 2 is 2.33 bits per heavy atom. The number of nitro groups is 1. The number of rotatable bonds is 4. The summed E-state index contributed by atoms with van der Waals surface area (Å²) in [6.45, 7) is 2.59. The summed E-state index contributed by atoms with van der Waals surface area (Å²) >= 11 is 5.95. The first kappa shape index (κ1) is 15.7. The van der Waals surface area contributed by atoms with Gasteiger partial charge in [0.05, 0.1) is 15.5 Å². The molecule has 6 nitrogen and oxygen atoms in total. The maximum atomic E-state index is 12.1. The fourth-order valence-electron chi connectivity index (χ4n) is 2.57. The molecule has 1 aromatic carbocycles. The van der Waals surface area contributed by atoms with E-state index >= 15 is 0 Å². The summed E-state index contributed by atoms with van der Waals surface area (Å²) in [7, 11) is 2.06. The lowest BCUT2D eigenvalue weighted by atomic mass is 9.98. The van der Waals surface area contributed by atoms with Crippen molar-refractivity contribution in [3.05, 3.63) is 38.9 Å². The molecular formula is C14H18ClN3O3. The average Bonchev–Trinajstić information content (AvgIpc) is 2.45. The molecule has 0 saturated carbocycles. The van der Waals surface area contributed by atoms with Gasteiger partial charge in [-0.3, -0.25) is 14.9 Å². The van der Waals surface area contributed by atoms with Crippen molar-refractivity contribution in [2.75, 3.05) is 26.7 Å². The second kappa shape index (κ2) is 6.87. The lowest BCUT2D eigenvalue weighted by molar-refractivity contribution is -0.384. The van der Waals surface area contributed by atoms with Crippen molar-refractivity contribution in [1.29, 1.82) is 0 Å². The number of nitro benzene ring substituents is 1. The van der Waals surface area contributed by atoms with Crippen molar-refractivity contribution in [3.8, 4) is 0 Å². The number of non-ortho nitro benzene ring substituents is 1. The Labute approximate surface area is 128 Å². The van der Waals surface area contributed by atoms with Gasteiger partial charge in [-0.2, -0.15) is 0 Å². The van der Waals surface area contributed by atoms with Gasteiger partial charge in [0.25, 0.3) is 11.6 Å². The van der Waals surface area contributed by atoms with E-state index in [1.165, 1.54) is 18.2 Å². The minimum atomic E-state index is -0.538. The predicted molar refractivity (Wildman–Crippen MR) is 80.7 cm³/mol. The third-order valence-electron chi connectivity index (χ3n) is 3.68. The van der Waals surface area contributed by atoms with E-state index in [1.54, 1.807) is 0 Å². The van der Waals surface area contributed by atoms with Gasteiger partial charge in [-0.15, -0.1) is 0 Å². The fraction of sp³-hybridized carbons (Fsp3) is 0.500. The van der Waals surface area contributed by atoms with Gasteiger partial charge in [-0.05, 0) is 38.4 Å². The van der Waals surface area contributed by atoms with Crippen molar-refractivity contribution >= 4 is 23.2 Å². The normalized spacial score (nSPS) is 19.2. The zero-order valence-electron chi connectivity index (χ0n) is 11.8. The first-order valence-electron chi connectivity index (χ1n) is 6.88. The summed E-state index contributed by atoms with van der Waals surface area (Å²) in [4.78, 5) is 24.6. The molecule has 1 amide bonds. The van der Waals surface area contributed by atoms with Crippen molar-refractivity contribution in [1.82, 2.24) is 10.2 Å². The van der Waals surface area contributed by atoms with Crippen LogP contribution in [0.5, 0.6) is 0 Å². The van der Waals surface area contributed by atoms with E-state index in [4.69, 9.17) is 11.6 Å². The Balaban J connectivity index is 1.99. The van der Waals surface area contributed by atoms with Gasteiger partial charge < -0.3 is 10.2 Å². The van der Waals surface area contributed by atoms with Crippen LogP contribution in [0.25, 0.3) is 0 Å². The van der Waals surface area contributed by atoms with Gasteiger partial charge in [0.15, 0.2) is 0 Å². The first-order chi connectivity index (χ1) is 9.97.